The van der Waals surface area contributed by atoms with Gasteiger partial charge in [-0.25, -0.2) is 5.06 Å². The van der Waals surface area contributed by atoms with E-state index in [0.29, 0.717) is 13.0 Å². The van der Waals surface area contributed by atoms with Crippen LogP contribution >= 0.6 is 0 Å². The molecule has 0 spiro atoms. The highest BCUT2D eigenvalue weighted by Crippen LogP contribution is 2.18. The van der Waals surface area contributed by atoms with Gasteiger partial charge in [0.1, 0.15) is 5.60 Å². The summed E-state index contributed by atoms with van der Waals surface area (Å²) in [6, 6.07) is 0. The van der Waals surface area contributed by atoms with Crippen LogP contribution in [0.25, 0.3) is 0 Å². The van der Waals surface area contributed by atoms with E-state index in [0.717, 1.165) is 30.9 Å². The molecule has 0 aromatic rings. The Labute approximate surface area is 140 Å². The van der Waals surface area contributed by atoms with Crippen molar-refractivity contribution >= 4 is 11.9 Å². The molecule has 0 fully saturated rings. The lowest BCUT2D eigenvalue weighted by Gasteiger charge is -2.24. The monoisotopic (exact) mass is 331 g/mol. The van der Waals surface area contributed by atoms with Crippen LogP contribution in [0.4, 0.5) is 0 Å². The molecule has 6 heteroatoms. The summed E-state index contributed by atoms with van der Waals surface area (Å²) >= 11 is 0. The Kier molecular flexibility index (Phi) is 10.8. The van der Waals surface area contributed by atoms with E-state index in [1.165, 1.54) is 7.11 Å². The maximum Gasteiger partial charge on any atom is 0.307 e. The number of carbonyl (C=O) groups excluding carboxylic acids is 2. The summed E-state index contributed by atoms with van der Waals surface area (Å²) in [5.74, 6) is -1.04. The van der Waals surface area contributed by atoms with Crippen LogP contribution in [-0.2, 0) is 23.9 Å². The van der Waals surface area contributed by atoms with Crippen molar-refractivity contribution < 1.29 is 23.9 Å². The fourth-order valence-corrected chi connectivity index (χ4v) is 2.02. The standard InChI is InChI=1S/C17H33NO5/c1-7-8-11-22-12-9-10-14(16(20)18(5)21-6)13-15(19)23-17(2,3)4/h14H,7-13H2,1-6H3/t14-/m0/s1. The zero-order chi connectivity index (χ0) is 17.9. The van der Waals surface area contributed by atoms with Crippen LogP contribution < -0.4 is 0 Å². The lowest BCUT2D eigenvalue weighted by atomic mass is 9.98. The van der Waals surface area contributed by atoms with Gasteiger partial charge in [0, 0.05) is 20.3 Å². The quantitative estimate of drug-likeness (QED) is 0.331. The number of hydrogen-bond acceptors (Lipinski definition) is 5. The lowest BCUT2D eigenvalue weighted by molar-refractivity contribution is -0.177. The van der Waals surface area contributed by atoms with E-state index in [9.17, 15) is 9.59 Å². The van der Waals surface area contributed by atoms with Crippen molar-refractivity contribution in [2.75, 3.05) is 27.4 Å². The van der Waals surface area contributed by atoms with Gasteiger partial charge >= 0.3 is 5.97 Å². The number of carbonyl (C=O) groups is 2. The summed E-state index contributed by atoms with van der Waals surface area (Å²) < 4.78 is 10.8. The number of nitrogens with zero attached hydrogens (tertiary/aromatic N) is 1. The fourth-order valence-electron chi connectivity index (χ4n) is 2.02. The average molecular weight is 331 g/mol. The molecule has 0 aliphatic rings. The molecule has 0 unspecified atom stereocenters. The molecule has 0 rings (SSSR count). The topological polar surface area (TPSA) is 65.1 Å². The van der Waals surface area contributed by atoms with Gasteiger partial charge in [-0.05, 0) is 40.0 Å². The third-order valence-corrected chi connectivity index (χ3v) is 3.25. The van der Waals surface area contributed by atoms with Crippen molar-refractivity contribution in [1.29, 1.82) is 0 Å². The van der Waals surface area contributed by atoms with Gasteiger partial charge in [0.2, 0.25) is 5.91 Å². The zero-order valence-electron chi connectivity index (χ0n) is 15.5. The van der Waals surface area contributed by atoms with Crippen molar-refractivity contribution in [3.63, 3.8) is 0 Å². The number of ether oxygens (including phenoxy) is 2. The maximum absolute atomic E-state index is 12.3. The fraction of sp³-hybridized carbons (Fsp3) is 0.882. The smallest absolute Gasteiger partial charge is 0.307 e. The molecule has 0 N–H and O–H groups in total. The highest BCUT2D eigenvalue weighted by atomic mass is 16.7. The predicted octanol–water partition coefficient (Wildman–Crippen LogP) is 2.95. The van der Waals surface area contributed by atoms with E-state index in [2.05, 4.69) is 6.92 Å². The molecule has 0 saturated heterocycles. The predicted molar refractivity (Wildman–Crippen MR) is 88.7 cm³/mol. The van der Waals surface area contributed by atoms with E-state index < -0.39 is 11.5 Å². The summed E-state index contributed by atoms with van der Waals surface area (Å²) in [5, 5.41) is 1.16. The third-order valence-electron chi connectivity index (χ3n) is 3.25. The molecule has 0 aromatic heterocycles. The summed E-state index contributed by atoms with van der Waals surface area (Å²) in [4.78, 5) is 29.2. The Morgan fingerprint density at radius 2 is 1.74 bits per heavy atom. The van der Waals surface area contributed by atoms with E-state index >= 15 is 0 Å². The van der Waals surface area contributed by atoms with E-state index in [4.69, 9.17) is 14.3 Å². The molecule has 0 saturated carbocycles. The SMILES string of the molecule is CCCCOCCC[C@@H](CC(=O)OC(C)(C)C)C(=O)N(C)OC. The molecule has 0 aliphatic carbocycles. The Balaban J connectivity index is 4.46. The second-order valence-electron chi connectivity index (χ2n) is 6.61. The minimum absolute atomic E-state index is 0.0543. The molecule has 0 radical (unpaired) electrons. The number of hydroxylamine groups is 2. The highest BCUT2D eigenvalue weighted by molar-refractivity contribution is 5.83. The lowest BCUT2D eigenvalue weighted by Crippen LogP contribution is -2.35. The van der Waals surface area contributed by atoms with Gasteiger partial charge in [0.15, 0.2) is 0 Å². The van der Waals surface area contributed by atoms with Crippen LogP contribution in [-0.4, -0.2) is 49.9 Å². The molecule has 1 atom stereocenters. The van der Waals surface area contributed by atoms with Crippen LogP contribution in [0.5, 0.6) is 0 Å². The average Bonchev–Trinajstić information content (AvgIpc) is 2.46. The van der Waals surface area contributed by atoms with Crippen LogP contribution in [0.3, 0.4) is 0 Å². The first kappa shape index (κ1) is 21.9. The van der Waals surface area contributed by atoms with E-state index in [1.54, 1.807) is 7.05 Å². The van der Waals surface area contributed by atoms with Gasteiger partial charge in [0.05, 0.1) is 19.4 Å². The first-order valence-electron chi connectivity index (χ1n) is 8.32. The first-order valence-corrected chi connectivity index (χ1v) is 8.32. The van der Waals surface area contributed by atoms with Crippen molar-refractivity contribution in [3.05, 3.63) is 0 Å². The zero-order valence-corrected chi connectivity index (χ0v) is 15.5. The highest BCUT2D eigenvalue weighted by Gasteiger charge is 2.27. The van der Waals surface area contributed by atoms with E-state index in [1.807, 2.05) is 20.8 Å². The van der Waals surface area contributed by atoms with Crippen LogP contribution in [0.1, 0.15) is 59.8 Å². The van der Waals surface area contributed by atoms with Crippen molar-refractivity contribution in [3.8, 4) is 0 Å². The van der Waals surface area contributed by atoms with Crippen LogP contribution in [0.15, 0.2) is 0 Å². The molecule has 6 nitrogen and oxygen atoms in total. The molecule has 1 amide bonds. The number of rotatable bonds is 11. The number of unbranched alkanes of at least 4 members (excludes halogenated alkanes) is 1. The second kappa shape index (κ2) is 11.4. The minimum Gasteiger partial charge on any atom is -0.460 e. The summed E-state index contributed by atoms with van der Waals surface area (Å²) in [7, 11) is 2.97. The van der Waals surface area contributed by atoms with Gasteiger partial charge in [-0.1, -0.05) is 13.3 Å². The minimum atomic E-state index is -0.554. The van der Waals surface area contributed by atoms with Crippen molar-refractivity contribution in [2.24, 2.45) is 5.92 Å². The normalized spacial score (nSPS) is 12.8. The van der Waals surface area contributed by atoms with Crippen LogP contribution in [0.2, 0.25) is 0 Å². The van der Waals surface area contributed by atoms with Gasteiger partial charge in [-0.3, -0.25) is 14.4 Å². The number of amides is 1. The van der Waals surface area contributed by atoms with Crippen molar-refractivity contribution in [1.82, 2.24) is 5.06 Å². The summed E-state index contributed by atoms with van der Waals surface area (Å²) in [6.45, 7) is 8.87. The Morgan fingerprint density at radius 1 is 1.13 bits per heavy atom. The number of hydrogen-bond donors (Lipinski definition) is 0. The molecule has 23 heavy (non-hydrogen) atoms. The largest absolute Gasteiger partial charge is 0.460 e. The van der Waals surface area contributed by atoms with Crippen LogP contribution in [0, 0.1) is 5.92 Å². The molecule has 0 aliphatic heterocycles. The van der Waals surface area contributed by atoms with Gasteiger partial charge in [-0.15, -0.1) is 0 Å². The van der Waals surface area contributed by atoms with Gasteiger partial charge < -0.3 is 9.47 Å². The van der Waals surface area contributed by atoms with E-state index in [-0.39, 0.29) is 18.3 Å². The van der Waals surface area contributed by atoms with Crippen molar-refractivity contribution in [2.45, 2.75) is 65.4 Å². The molecular weight excluding hydrogens is 298 g/mol. The first-order chi connectivity index (χ1) is 10.7. The molecular formula is C17H33NO5. The molecule has 136 valence electrons. The summed E-state index contributed by atoms with van der Waals surface area (Å²) in [6.07, 6.45) is 3.47. The van der Waals surface area contributed by atoms with Gasteiger partial charge in [-0.2, -0.15) is 0 Å². The van der Waals surface area contributed by atoms with Gasteiger partial charge in [0.25, 0.3) is 0 Å². The Bertz CT molecular complexity index is 351. The third kappa shape index (κ3) is 11.1. The molecule has 0 heterocycles. The Hall–Kier alpha value is -1.14. The number of esters is 1. The Morgan fingerprint density at radius 3 is 2.26 bits per heavy atom. The maximum atomic E-state index is 12.3. The molecule has 0 bridgehead atoms. The second-order valence-corrected chi connectivity index (χ2v) is 6.61. The summed E-state index contributed by atoms with van der Waals surface area (Å²) in [5.41, 5.74) is -0.554. The molecule has 0 aromatic carbocycles.